The molecule has 152 valence electrons. The molecule has 0 atom stereocenters. The van der Waals surface area contributed by atoms with Crippen LogP contribution >= 0.6 is 0 Å². The van der Waals surface area contributed by atoms with Crippen LogP contribution < -0.4 is 15.8 Å². The lowest BCUT2D eigenvalue weighted by atomic mass is 10.2. The highest BCUT2D eigenvalue weighted by atomic mass is 16.5. The molecule has 7 nitrogen and oxygen atoms in total. The van der Waals surface area contributed by atoms with Gasteiger partial charge in [-0.3, -0.25) is 14.4 Å². The number of esters is 1. The summed E-state index contributed by atoms with van der Waals surface area (Å²) in [6.45, 7) is -0.0713. The largest absolute Gasteiger partial charge is 0.460 e. The van der Waals surface area contributed by atoms with Crippen molar-refractivity contribution in [1.29, 1.82) is 0 Å². The molecule has 30 heavy (non-hydrogen) atoms. The van der Waals surface area contributed by atoms with E-state index in [9.17, 15) is 14.4 Å². The van der Waals surface area contributed by atoms with Crippen molar-refractivity contribution in [3.8, 4) is 11.5 Å². The number of benzene rings is 3. The SMILES string of the molecule is NC(=O)c1ccc(Oc2ccc(C(=O)NCC(=O)OCc3ccccc3)cc2)cc1. The fourth-order valence-corrected chi connectivity index (χ4v) is 2.54. The van der Waals surface area contributed by atoms with E-state index in [1.165, 1.54) is 0 Å². The Kier molecular flexibility index (Phi) is 6.78. The van der Waals surface area contributed by atoms with Crippen molar-refractivity contribution in [2.75, 3.05) is 6.54 Å². The molecule has 0 radical (unpaired) electrons. The Bertz CT molecular complexity index is 1020. The van der Waals surface area contributed by atoms with Crippen molar-refractivity contribution < 1.29 is 23.9 Å². The van der Waals surface area contributed by atoms with Gasteiger partial charge in [-0.25, -0.2) is 0 Å². The number of carbonyl (C=O) groups is 3. The number of amides is 2. The van der Waals surface area contributed by atoms with E-state index < -0.39 is 17.8 Å². The Hall–Kier alpha value is -4.13. The first-order chi connectivity index (χ1) is 14.5. The van der Waals surface area contributed by atoms with Crippen molar-refractivity contribution >= 4 is 17.8 Å². The predicted molar refractivity (Wildman–Crippen MR) is 110 cm³/mol. The molecule has 3 N–H and O–H groups in total. The summed E-state index contributed by atoms with van der Waals surface area (Å²) in [5, 5.41) is 2.52. The maximum absolute atomic E-state index is 12.2. The zero-order chi connectivity index (χ0) is 21.3. The van der Waals surface area contributed by atoms with E-state index >= 15 is 0 Å². The van der Waals surface area contributed by atoms with Crippen LogP contribution in [0.4, 0.5) is 0 Å². The molecule has 0 bridgehead atoms. The van der Waals surface area contributed by atoms with Crippen LogP contribution in [0.2, 0.25) is 0 Å². The van der Waals surface area contributed by atoms with Crippen molar-refractivity contribution in [3.63, 3.8) is 0 Å². The van der Waals surface area contributed by atoms with Crippen LogP contribution in [0.3, 0.4) is 0 Å². The molecular formula is C23H20N2O5. The summed E-state index contributed by atoms with van der Waals surface area (Å²) in [4.78, 5) is 35.1. The van der Waals surface area contributed by atoms with E-state index in [2.05, 4.69) is 5.32 Å². The maximum Gasteiger partial charge on any atom is 0.325 e. The molecule has 3 aromatic carbocycles. The van der Waals surface area contributed by atoms with Gasteiger partial charge in [0.1, 0.15) is 24.7 Å². The number of nitrogens with one attached hydrogen (secondary N) is 1. The third-order valence-electron chi connectivity index (χ3n) is 4.13. The lowest BCUT2D eigenvalue weighted by Crippen LogP contribution is -2.30. The van der Waals surface area contributed by atoms with Gasteiger partial charge in [0.05, 0.1) is 0 Å². The van der Waals surface area contributed by atoms with E-state index in [1.54, 1.807) is 48.5 Å². The van der Waals surface area contributed by atoms with Gasteiger partial charge in [-0.15, -0.1) is 0 Å². The first-order valence-electron chi connectivity index (χ1n) is 9.17. The molecule has 0 unspecified atom stereocenters. The van der Waals surface area contributed by atoms with Crippen LogP contribution in [0, 0.1) is 0 Å². The minimum absolute atomic E-state index is 0.155. The Morgan fingerprint density at radius 3 is 1.90 bits per heavy atom. The fraction of sp³-hybridized carbons (Fsp3) is 0.0870. The quantitative estimate of drug-likeness (QED) is 0.561. The van der Waals surface area contributed by atoms with Gasteiger partial charge in [0.2, 0.25) is 5.91 Å². The molecule has 0 aliphatic rings. The monoisotopic (exact) mass is 404 g/mol. The summed E-state index contributed by atoms with van der Waals surface area (Å²) in [7, 11) is 0. The number of hydrogen-bond donors (Lipinski definition) is 2. The second kappa shape index (κ2) is 9.88. The highest BCUT2D eigenvalue weighted by Crippen LogP contribution is 2.22. The number of carbonyl (C=O) groups excluding carboxylic acids is 3. The minimum atomic E-state index is -0.522. The van der Waals surface area contributed by atoms with E-state index in [0.717, 1.165) is 5.56 Å². The van der Waals surface area contributed by atoms with Crippen molar-refractivity contribution in [1.82, 2.24) is 5.32 Å². The molecule has 0 saturated heterocycles. The summed E-state index contributed by atoms with van der Waals surface area (Å²) in [6, 6.07) is 22.1. The van der Waals surface area contributed by atoms with E-state index in [1.807, 2.05) is 30.3 Å². The van der Waals surface area contributed by atoms with Crippen LogP contribution in [0.25, 0.3) is 0 Å². The first-order valence-corrected chi connectivity index (χ1v) is 9.17. The number of hydrogen-bond acceptors (Lipinski definition) is 5. The third kappa shape index (κ3) is 5.93. The van der Waals surface area contributed by atoms with Crippen LogP contribution in [-0.4, -0.2) is 24.3 Å². The van der Waals surface area contributed by atoms with Gasteiger partial charge in [0.15, 0.2) is 0 Å². The van der Waals surface area contributed by atoms with Crippen molar-refractivity contribution in [2.24, 2.45) is 5.73 Å². The number of nitrogens with two attached hydrogens (primary N) is 1. The molecule has 0 aliphatic carbocycles. The van der Waals surface area contributed by atoms with Crippen molar-refractivity contribution in [3.05, 3.63) is 95.6 Å². The normalized spacial score (nSPS) is 10.1. The highest BCUT2D eigenvalue weighted by molar-refractivity contribution is 5.96. The summed E-state index contributed by atoms with van der Waals surface area (Å²) in [6.07, 6.45) is 0. The van der Waals surface area contributed by atoms with E-state index in [4.69, 9.17) is 15.2 Å². The van der Waals surface area contributed by atoms with E-state index in [0.29, 0.717) is 22.6 Å². The zero-order valence-electron chi connectivity index (χ0n) is 16.0. The smallest absolute Gasteiger partial charge is 0.325 e. The standard InChI is InChI=1S/C23H20N2O5/c24-22(27)17-6-10-19(11-7-17)30-20-12-8-18(9-13-20)23(28)25-14-21(26)29-15-16-4-2-1-3-5-16/h1-13H,14-15H2,(H2,24,27)(H,25,28). The Labute approximate surface area is 173 Å². The van der Waals surface area contributed by atoms with Crippen LogP contribution in [0.5, 0.6) is 11.5 Å². The molecular weight excluding hydrogens is 384 g/mol. The highest BCUT2D eigenvalue weighted by Gasteiger charge is 2.10. The fourth-order valence-electron chi connectivity index (χ4n) is 2.54. The molecule has 0 aliphatic heterocycles. The van der Waals surface area contributed by atoms with Gasteiger partial charge < -0.3 is 20.5 Å². The molecule has 2 amide bonds. The van der Waals surface area contributed by atoms with Crippen molar-refractivity contribution in [2.45, 2.75) is 6.61 Å². The van der Waals surface area contributed by atoms with Gasteiger partial charge in [0.25, 0.3) is 5.91 Å². The van der Waals surface area contributed by atoms with Gasteiger partial charge in [-0.05, 0) is 54.1 Å². The first kappa shape index (κ1) is 20.6. The van der Waals surface area contributed by atoms with Gasteiger partial charge in [-0.2, -0.15) is 0 Å². The van der Waals surface area contributed by atoms with E-state index in [-0.39, 0.29) is 13.2 Å². The topological polar surface area (TPSA) is 108 Å². The maximum atomic E-state index is 12.2. The predicted octanol–water partition coefficient (Wildman–Crippen LogP) is 3.05. The number of rotatable bonds is 8. The second-order valence-electron chi connectivity index (χ2n) is 6.34. The molecule has 0 aromatic heterocycles. The lowest BCUT2D eigenvalue weighted by Gasteiger charge is -2.08. The number of ether oxygens (including phenoxy) is 2. The van der Waals surface area contributed by atoms with Crippen LogP contribution in [-0.2, 0) is 16.1 Å². The van der Waals surface area contributed by atoms with Gasteiger partial charge >= 0.3 is 5.97 Å². The van der Waals surface area contributed by atoms with Crippen LogP contribution in [0.15, 0.2) is 78.9 Å². The van der Waals surface area contributed by atoms with Gasteiger partial charge in [0, 0.05) is 11.1 Å². The molecule has 0 fully saturated rings. The van der Waals surface area contributed by atoms with Crippen LogP contribution in [0.1, 0.15) is 26.3 Å². The molecule has 0 spiro atoms. The summed E-state index contributed by atoms with van der Waals surface area (Å²) in [5.74, 6) is -0.393. The minimum Gasteiger partial charge on any atom is -0.460 e. The van der Waals surface area contributed by atoms with Gasteiger partial charge in [-0.1, -0.05) is 30.3 Å². The second-order valence-corrected chi connectivity index (χ2v) is 6.34. The average Bonchev–Trinajstić information content (AvgIpc) is 2.77. The Balaban J connectivity index is 1.47. The Morgan fingerprint density at radius 2 is 1.33 bits per heavy atom. The lowest BCUT2D eigenvalue weighted by molar-refractivity contribution is -0.143. The Morgan fingerprint density at radius 1 is 0.767 bits per heavy atom. The molecule has 7 heteroatoms. The third-order valence-corrected chi connectivity index (χ3v) is 4.13. The summed E-state index contributed by atoms with van der Waals surface area (Å²) < 4.78 is 10.8. The zero-order valence-corrected chi connectivity index (χ0v) is 16.0. The summed E-state index contributed by atoms with van der Waals surface area (Å²) >= 11 is 0. The molecule has 0 saturated carbocycles. The average molecular weight is 404 g/mol. The molecule has 3 rings (SSSR count). The molecule has 3 aromatic rings. The molecule has 0 heterocycles. The number of primary amides is 1. The summed E-state index contributed by atoms with van der Waals surface area (Å²) in [5.41, 5.74) is 6.84.